The normalized spacial score (nSPS) is 10.2. The van der Waals surface area contributed by atoms with Gasteiger partial charge in [0, 0.05) is 37.0 Å². The van der Waals surface area contributed by atoms with Gasteiger partial charge in [0.25, 0.3) is 5.91 Å². The zero-order valence-electron chi connectivity index (χ0n) is 11.6. The number of carbonyl (C=O) groups is 1. The van der Waals surface area contributed by atoms with Crippen molar-refractivity contribution in [3.63, 3.8) is 0 Å². The summed E-state index contributed by atoms with van der Waals surface area (Å²) in [5.74, 6) is -0.198. The summed E-state index contributed by atoms with van der Waals surface area (Å²) in [7, 11) is 2.96. The summed E-state index contributed by atoms with van der Waals surface area (Å²) in [5, 5.41) is 17.4. The van der Waals surface area contributed by atoms with E-state index in [4.69, 9.17) is 4.74 Å². The third-order valence-electron chi connectivity index (χ3n) is 2.94. The molecule has 1 N–H and O–H groups in total. The number of H-pyrrole nitrogens is 1. The predicted octanol–water partition coefficient (Wildman–Crippen LogP) is 1.60. The molecule has 8 heteroatoms. The van der Waals surface area contributed by atoms with E-state index in [0.717, 1.165) is 5.56 Å². The number of carbonyl (C=O) groups excluding carboxylic acids is 1. The van der Waals surface area contributed by atoms with Crippen molar-refractivity contribution >= 4 is 11.6 Å². The van der Waals surface area contributed by atoms with Crippen molar-refractivity contribution in [1.29, 1.82) is 0 Å². The van der Waals surface area contributed by atoms with E-state index in [1.165, 1.54) is 30.2 Å². The number of hydrogen-bond donors (Lipinski definition) is 1. The van der Waals surface area contributed by atoms with Crippen LogP contribution in [0.2, 0.25) is 0 Å². The smallest absolute Gasteiger partial charge is 0.311 e. The van der Waals surface area contributed by atoms with Crippen LogP contribution < -0.4 is 4.74 Å². The maximum Gasteiger partial charge on any atom is 0.311 e. The number of ether oxygens (including phenoxy) is 1. The van der Waals surface area contributed by atoms with Gasteiger partial charge in [0.05, 0.1) is 18.2 Å². The molecule has 21 heavy (non-hydrogen) atoms. The van der Waals surface area contributed by atoms with Crippen LogP contribution in [-0.4, -0.2) is 40.1 Å². The summed E-state index contributed by atoms with van der Waals surface area (Å²) in [6.45, 7) is 0.356. The van der Waals surface area contributed by atoms with Gasteiger partial charge >= 0.3 is 5.69 Å². The van der Waals surface area contributed by atoms with Gasteiger partial charge in [-0.05, 0) is 12.1 Å². The second-order valence-corrected chi connectivity index (χ2v) is 4.41. The van der Waals surface area contributed by atoms with Crippen LogP contribution in [0.15, 0.2) is 30.6 Å². The Balaban J connectivity index is 2.22. The maximum atomic E-state index is 12.3. The molecule has 1 heterocycles. The number of hydrogen-bond acceptors (Lipinski definition) is 5. The molecule has 0 aliphatic rings. The molecule has 0 bridgehead atoms. The minimum Gasteiger partial charge on any atom is -0.490 e. The number of nitrogens with zero attached hydrogens (tertiary/aromatic N) is 3. The molecule has 0 radical (unpaired) electrons. The predicted molar refractivity (Wildman–Crippen MR) is 74.0 cm³/mol. The summed E-state index contributed by atoms with van der Waals surface area (Å²) in [6.07, 6.45) is 3.29. The average molecular weight is 290 g/mol. The van der Waals surface area contributed by atoms with Crippen LogP contribution in [0.3, 0.4) is 0 Å². The molecule has 1 aromatic heterocycles. The molecule has 8 nitrogen and oxygen atoms in total. The van der Waals surface area contributed by atoms with Crippen LogP contribution in [0.1, 0.15) is 15.9 Å². The van der Waals surface area contributed by atoms with E-state index in [9.17, 15) is 14.9 Å². The number of rotatable bonds is 5. The van der Waals surface area contributed by atoms with Crippen LogP contribution in [0.25, 0.3) is 0 Å². The van der Waals surface area contributed by atoms with E-state index >= 15 is 0 Å². The summed E-state index contributed by atoms with van der Waals surface area (Å²) >= 11 is 0. The van der Waals surface area contributed by atoms with Crippen LogP contribution in [-0.2, 0) is 6.54 Å². The lowest BCUT2D eigenvalue weighted by atomic mass is 10.1. The monoisotopic (exact) mass is 290 g/mol. The van der Waals surface area contributed by atoms with Gasteiger partial charge in [0.2, 0.25) is 0 Å². The lowest BCUT2D eigenvalue weighted by molar-refractivity contribution is -0.385. The topological polar surface area (TPSA) is 101 Å². The Labute approximate surface area is 120 Å². The molecule has 0 saturated heterocycles. The highest BCUT2D eigenvalue weighted by atomic mass is 16.6. The van der Waals surface area contributed by atoms with Crippen LogP contribution in [0, 0.1) is 10.1 Å². The quantitative estimate of drug-likeness (QED) is 0.665. The number of amides is 1. The second-order valence-electron chi connectivity index (χ2n) is 4.41. The van der Waals surface area contributed by atoms with Gasteiger partial charge in [0.1, 0.15) is 0 Å². The molecule has 0 spiro atoms. The van der Waals surface area contributed by atoms with Gasteiger partial charge in [-0.3, -0.25) is 20.0 Å². The van der Waals surface area contributed by atoms with Crippen molar-refractivity contribution in [1.82, 2.24) is 15.1 Å². The van der Waals surface area contributed by atoms with Crippen molar-refractivity contribution in [3.05, 3.63) is 51.8 Å². The minimum atomic E-state index is -0.578. The Kier molecular flexibility index (Phi) is 4.17. The zero-order chi connectivity index (χ0) is 15.4. The molecular weight excluding hydrogens is 276 g/mol. The number of nitro groups is 1. The molecule has 2 aromatic rings. The molecular formula is C13H14N4O4. The number of methoxy groups -OCH3 is 1. The van der Waals surface area contributed by atoms with E-state index in [2.05, 4.69) is 10.2 Å². The average Bonchev–Trinajstić information content (AvgIpc) is 2.98. The number of nitrogens with one attached hydrogen (secondary N) is 1. The first-order valence-electron chi connectivity index (χ1n) is 6.08. The first-order valence-corrected chi connectivity index (χ1v) is 6.08. The molecule has 110 valence electrons. The van der Waals surface area contributed by atoms with Crippen molar-refractivity contribution in [2.24, 2.45) is 0 Å². The third-order valence-corrected chi connectivity index (χ3v) is 2.94. The maximum absolute atomic E-state index is 12.3. The van der Waals surface area contributed by atoms with Gasteiger partial charge in [-0.25, -0.2) is 0 Å². The van der Waals surface area contributed by atoms with Gasteiger partial charge in [0.15, 0.2) is 5.75 Å². The lowest BCUT2D eigenvalue weighted by Gasteiger charge is -2.16. The van der Waals surface area contributed by atoms with E-state index in [-0.39, 0.29) is 22.9 Å². The van der Waals surface area contributed by atoms with E-state index in [1.807, 2.05) is 0 Å². The number of aromatic nitrogens is 2. The summed E-state index contributed by atoms with van der Waals surface area (Å²) < 4.78 is 4.91. The van der Waals surface area contributed by atoms with Crippen molar-refractivity contribution in [2.45, 2.75) is 6.54 Å². The van der Waals surface area contributed by atoms with Gasteiger partial charge in [-0.2, -0.15) is 5.10 Å². The molecule has 0 aliphatic heterocycles. The highest BCUT2D eigenvalue weighted by Gasteiger charge is 2.20. The van der Waals surface area contributed by atoms with Crippen molar-refractivity contribution in [2.75, 3.05) is 14.2 Å². The minimum absolute atomic E-state index is 0.119. The van der Waals surface area contributed by atoms with Gasteiger partial charge < -0.3 is 9.64 Å². The fourth-order valence-electron chi connectivity index (χ4n) is 1.90. The van der Waals surface area contributed by atoms with E-state index in [1.54, 1.807) is 19.4 Å². The SMILES string of the molecule is COc1ccc(C(=O)N(C)Cc2cn[nH]c2)cc1[N+](=O)[O-]. The van der Waals surface area contributed by atoms with E-state index < -0.39 is 4.92 Å². The highest BCUT2D eigenvalue weighted by Crippen LogP contribution is 2.28. The van der Waals surface area contributed by atoms with Crippen molar-refractivity contribution in [3.8, 4) is 5.75 Å². The summed E-state index contributed by atoms with van der Waals surface area (Å²) in [4.78, 5) is 24.1. The van der Waals surface area contributed by atoms with Crippen LogP contribution >= 0.6 is 0 Å². The first-order chi connectivity index (χ1) is 10.0. The lowest BCUT2D eigenvalue weighted by Crippen LogP contribution is -2.26. The Morgan fingerprint density at radius 2 is 2.29 bits per heavy atom. The molecule has 0 saturated carbocycles. The largest absolute Gasteiger partial charge is 0.490 e. The Hall–Kier alpha value is -2.90. The van der Waals surface area contributed by atoms with Crippen molar-refractivity contribution < 1.29 is 14.5 Å². The Bertz CT molecular complexity index is 654. The molecule has 2 rings (SSSR count). The molecule has 0 unspecified atom stereocenters. The highest BCUT2D eigenvalue weighted by molar-refractivity contribution is 5.95. The molecule has 0 aliphatic carbocycles. The Morgan fingerprint density at radius 1 is 1.52 bits per heavy atom. The van der Waals surface area contributed by atoms with Crippen LogP contribution in [0.4, 0.5) is 5.69 Å². The van der Waals surface area contributed by atoms with E-state index in [0.29, 0.717) is 6.54 Å². The van der Waals surface area contributed by atoms with Gasteiger partial charge in [-0.1, -0.05) is 0 Å². The molecule has 1 amide bonds. The second kappa shape index (κ2) is 6.04. The first kappa shape index (κ1) is 14.5. The third kappa shape index (κ3) is 3.16. The summed E-state index contributed by atoms with van der Waals surface area (Å²) in [6, 6.07) is 4.13. The number of aromatic amines is 1. The molecule has 0 fully saturated rings. The zero-order valence-corrected chi connectivity index (χ0v) is 11.6. The summed E-state index contributed by atoms with van der Waals surface area (Å²) in [5.41, 5.74) is 0.836. The fraction of sp³-hybridized carbons (Fsp3) is 0.231. The number of nitro benzene ring substituents is 1. The van der Waals surface area contributed by atoms with Crippen LogP contribution in [0.5, 0.6) is 5.75 Å². The Morgan fingerprint density at radius 3 is 2.86 bits per heavy atom. The standard InChI is InChI=1S/C13H14N4O4/c1-16(8-9-6-14-15-7-9)13(18)10-3-4-12(21-2)11(5-10)17(19)20/h3-7H,8H2,1-2H3,(H,14,15). The molecule has 1 aromatic carbocycles. The number of benzene rings is 1. The van der Waals surface area contributed by atoms with Gasteiger partial charge in [-0.15, -0.1) is 0 Å². The molecule has 0 atom stereocenters. The fourth-order valence-corrected chi connectivity index (χ4v) is 1.90.